The quantitative estimate of drug-likeness (QED) is 0.226. The molecule has 1 unspecified atom stereocenters. The number of hydrogen-bond donors (Lipinski definition) is 0. The van der Waals surface area contributed by atoms with Crippen LogP contribution in [-0.4, -0.2) is 108 Å². The molecule has 12 heteroatoms. The number of carbonyl (C=O) groups excluding carboxylic acids is 6. The third-order valence-corrected chi connectivity index (χ3v) is 9.30. The molecule has 0 radical (unpaired) electrons. The SMILES string of the molecule is CCCC[C@H]1C(=O)O[C@H](C(C)C)C(=O)N(C)[C@@H](CCCC)C(=O)O[C@H](C(C)C)C(=O)N(C)[C@@H](C(C)CC)C(=O)O[C@H](C(C)C)C(=O)N1C. The minimum Gasteiger partial charge on any atom is -0.450 e. The Bertz CT molecular complexity index is 1100. The molecule has 0 spiro atoms. The summed E-state index contributed by atoms with van der Waals surface area (Å²) < 4.78 is 17.7. The second kappa shape index (κ2) is 19.7. The summed E-state index contributed by atoms with van der Waals surface area (Å²) >= 11 is 0. The topological polar surface area (TPSA) is 140 Å². The van der Waals surface area contributed by atoms with Gasteiger partial charge in [-0.05, 0) is 36.5 Å². The molecule has 0 aliphatic carbocycles. The number of ether oxygens (including phenoxy) is 3. The van der Waals surface area contributed by atoms with E-state index < -0.39 is 89.8 Å². The number of cyclic esters (lactones) is 3. The van der Waals surface area contributed by atoms with E-state index in [9.17, 15) is 28.8 Å². The van der Waals surface area contributed by atoms with Crippen molar-refractivity contribution in [3.05, 3.63) is 0 Å². The summed E-state index contributed by atoms with van der Waals surface area (Å²) in [5.74, 6) is -5.85. The van der Waals surface area contributed by atoms with Crippen LogP contribution in [0.5, 0.6) is 0 Å². The van der Waals surface area contributed by atoms with Crippen molar-refractivity contribution in [2.45, 2.75) is 151 Å². The number of carbonyl (C=O) groups is 6. The summed E-state index contributed by atoms with van der Waals surface area (Å²) in [6.07, 6.45) is -0.0888. The minimum atomic E-state index is -1.26. The molecule has 0 aromatic carbocycles. The summed E-state index contributed by atoms with van der Waals surface area (Å²) in [7, 11) is 4.40. The number of unbranched alkanes of at least 4 members (excludes halogenated alkanes) is 2. The minimum absolute atomic E-state index is 0.264. The molecular formula is C36H63N3O9. The molecule has 1 rings (SSSR count). The fourth-order valence-corrected chi connectivity index (χ4v) is 5.79. The van der Waals surface area contributed by atoms with Gasteiger partial charge in [-0.2, -0.15) is 0 Å². The average Bonchev–Trinajstić information content (AvgIpc) is 3.02. The highest BCUT2D eigenvalue weighted by molar-refractivity contribution is 5.94. The molecule has 7 atom stereocenters. The predicted octanol–water partition coefficient (Wildman–Crippen LogP) is 4.61. The first kappa shape index (κ1) is 42.8. The second-order valence-corrected chi connectivity index (χ2v) is 14.3. The third-order valence-electron chi connectivity index (χ3n) is 9.30. The molecule has 1 aliphatic heterocycles. The van der Waals surface area contributed by atoms with E-state index in [0.29, 0.717) is 19.3 Å². The molecule has 276 valence electrons. The number of rotatable bonds is 11. The Labute approximate surface area is 288 Å². The van der Waals surface area contributed by atoms with E-state index in [-0.39, 0.29) is 18.8 Å². The van der Waals surface area contributed by atoms with E-state index in [2.05, 4.69) is 0 Å². The molecule has 0 aromatic heterocycles. The molecular weight excluding hydrogens is 618 g/mol. The molecule has 3 amide bonds. The largest absolute Gasteiger partial charge is 0.450 e. The number of esters is 3. The highest BCUT2D eigenvalue weighted by Crippen LogP contribution is 2.25. The summed E-state index contributed by atoms with van der Waals surface area (Å²) in [5, 5.41) is 0. The van der Waals surface area contributed by atoms with E-state index in [1.165, 1.54) is 35.8 Å². The molecule has 1 fully saturated rings. The number of nitrogens with zero attached hydrogens (tertiary/aromatic N) is 3. The lowest BCUT2D eigenvalue weighted by molar-refractivity contribution is -0.180. The first-order valence-electron chi connectivity index (χ1n) is 17.8. The van der Waals surface area contributed by atoms with Gasteiger partial charge in [-0.25, -0.2) is 14.4 Å². The smallest absolute Gasteiger partial charge is 0.329 e. The highest BCUT2D eigenvalue weighted by Gasteiger charge is 2.44. The van der Waals surface area contributed by atoms with E-state index in [4.69, 9.17) is 14.2 Å². The number of likely N-dealkylation sites (N-methyl/N-ethyl adjacent to an activating group) is 3. The summed E-state index contributed by atoms with van der Waals surface area (Å²) in [4.78, 5) is 87.4. The van der Waals surface area contributed by atoms with Gasteiger partial charge < -0.3 is 28.9 Å². The number of amides is 3. The monoisotopic (exact) mass is 681 g/mol. The van der Waals surface area contributed by atoms with Crippen LogP contribution in [0.25, 0.3) is 0 Å². The highest BCUT2D eigenvalue weighted by atomic mass is 16.6. The zero-order valence-electron chi connectivity index (χ0n) is 31.7. The summed E-state index contributed by atoms with van der Waals surface area (Å²) in [5.41, 5.74) is 0. The average molecular weight is 682 g/mol. The first-order valence-corrected chi connectivity index (χ1v) is 17.8. The van der Waals surface area contributed by atoms with Crippen molar-refractivity contribution in [2.24, 2.45) is 23.7 Å². The molecule has 0 saturated carbocycles. The van der Waals surface area contributed by atoms with Crippen molar-refractivity contribution in [1.29, 1.82) is 0 Å². The summed E-state index contributed by atoms with van der Waals surface area (Å²) in [6.45, 7) is 18.0. The Balaban J connectivity index is 3.95. The van der Waals surface area contributed by atoms with Crippen LogP contribution in [0.3, 0.4) is 0 Å². The fraction of sp³-hybridized carbons (Fsp3) is 0.833. The van der Waals surface area contributed by atoms with Crippen LogP contribution in [0.4, 0.5) is 0 Å². The van der Waals surface area contributed by atoms with Gasteiger partial charge in [0.1, 0.15) is 18.1 Å². The lowest BCUT2D eigenvalue weighted by atomic mass is 9.95. The van der Waals surface area contributed by atoms with E-state index in [1.807, 2.05) is 20.8 Å². The van der Waals surface area contributed by atoms with Crippen molar-refractivity contribution in [1.82, 2.24) is 14.7 Å². The van der Waals surface area contributed by atoms with Gasteiger partial charge in [-0.15, -0.1) is 0 Å². The molecule has 1 saturated heterocycles. The van der Waals surface area contributed by atoms with Crippen LogP contribution >= 0.6 is 0 Å². The Morgan fingerprint density at radius 2 is 0.833 bits per heavy atom. The van der Waals surface area contributed by atoms with Gasteiger partial charge in [0.25, 0.3) is 17.7 Å². The zero-order valence-corrected chi connectivity index (χ0v) is 31.7. The normalized spacial score (nSPS) is 26.9. The van der Waals surface area contributed by atoms with Crippen molar-refractivity contribution >= 4 is 35.6 Å². The van der Waals surface area contributed by atoms with Crippen LogP contribution in [-0.2, 0) is 43.0 Å². The number of hydrogen-bond acceptors (Lipinski definition) is 9. The maximum Gasteiger partial charge on any atom is 0.329 e. The maximum atomic E-state index is 14.0. The zero-order chi connectivity index (χ0) is 37.0. The van der Waals surface area contributed by atoms with Crippen LogP contribution in [0, 0.1) is 23.7 Å². The Kier molecular flexibility index (Phi) is 17.6. The Morgan fingerprint density at radius 3 is 1.12 bits per heavy atom. The maximum absolute atomic E-state index is 14.0. The molecule has 12 nitrogen and oxygen atoms in total. The predicted molar refractivity (Wildman–Crippen MR) is 182 cm³/mol. The van der Waals surface area contributed by atoms with Gasteiger partial charge in [0.15, 0.2) is 18.3 Å². The van der Waals surface area contributed by atoms with Gasteiger partial charge in [0.05, 0.1) is 0 Å². The van der Waals surface area contributed by atoms with Crippen LogP contribution in [0.2, 0.25) is 0 Å². The lowest BCUT2D eigenvalue weighted by Crippen LogP contribution is -2.57. The third kappa shape index (κ3) is 10.9. The van der Waals surface area contributed by atoms with Gasteiger partial charge >= 0.3 is 17.9 Å². The van der Waals surface area contributed by atoms with E-state index in [1.54, 1.807) is 48.5 Å². The van der Waals surface area contributed by atoms with Gasteiger partial charge in [0, 0.05) is 21.1 Å². The Morgan fingerprint density at radius 1 is 0.521 bits per heavy atom. The van der Waals surface area contributed by atoms with Crippen LogP contribution in [0.15, 0.2) is 0 Å². The lowest BCUT2D eigenvalue weighted by Gasteiger charge is -2.37. The molecule has 0 bridgehead atoms. The first-order chi connectivity index (χ1) is 22.4. The molecule has 0 aromatic rings. The second-order valence-electron chi connectivity index (χ2n) is 14.3. The molecule has 48 heavy (non-hydrogen) atoms. The van der Waals surface area contributed by atoms with Gasteiger partial charge in [0.2, 0.25) is 0 Å². The van der Waals surface area contributed by atoms with Crippen molar-refractivity contribution in [3.8, 4) is 0 Å². The van der Waals surface area contributed by atoms with Gasteiger partial charge in [-0.1, -0.05) is 101 Å². The molecule has 0 N–H and O–H groups in total. The van der Waals surface area contributed by atoms with Gasteiger partial charge in [-0.3, -0.25) is 14.4 Å². The van der Waals surface area contributed by atoms with E-state index >= 15 is 0 Å². The van der Waals surface area contributed by atoms with Crippen LogP contribution < -0.4 is 0 Å². The van der Waals surface area contributed by atoms with Crippen LogP contribution in [0.1, 0.15) is 114 Å². The Hall–Kier alpha value is -3.18. The van der Waals surface area contributed by atoms with Crippen molar-refractivity contribution < 1.29 is 43.0 Å². The van der Waals surface area contributed by atoms with E-state index in [0.717, 1.165) is 12.8 Å². The summed E-state index contributed by atoms with van der Waals surface area (Å²) in [6, 6.07) is -3.20. The van der Waals surface area contributed by atoms with Crippen molar-refractivity contribution in [3.63, 3.8) is 0 Å². The fourth-order valence-electron chi connectivity index (χ4n) is 5.79. The molecule has 1 heterocycles. The van der Waals surface area contributed by atoms with Crippen molar-refractivity contribution in [2.75, 3.05) is 21.1 Å². The molecule has 1 aliphatic rings. The standard InChI is InChI=1S/C36H63N3O9/c1-14-17-19-25-34(43)46-28(21(4)5)31(40)37(11)26(20-18-15-2)35(44)47-30(23(8)9)33(42)39(13)27(24(10)16-3)36(45)48-29(22(6)7)32(41)38(25)12/h21-30H,14-20H2,1-13H3/t24?,25-,26-,27-,28+,29+,30+/m0/s1.